The van der Waals surface area contributed by atoms with E-state index in [0.717, 1.165) is 16.8 Å². The molecule has 0 aliphatic heterocycles. The van der Waals surface area contributed by atoms with Gasteiger partial charge in [0.05, 0.1) is 0 Å². The maximum atomic E-state index is 10.1. The molecule has 2 aliphatic rings. The van der Waals surface area contributed by atoms with E-state index in [1.54, 1.807) is 6.07 Å². The summed E-state index contributed by atoms with van der Waals surface area (Å²) in [6, 6.07) is 9.94. The Balaban J connectivity index is 1.72. The first-order chi connectivity index (χ1) is 10.9. The Kier molecular flexibility index (Phi) is 3.23. The Labute approximate surface area is 138 Å². The van der Waals surface area contributed by atoms with Gasteiger partial charge in [0.1, 0.15) is 11.3 Å². The molecule has 2 fully saturated rings. The molecular weight excluding hydrogens is 282 g/mol. The second-order valence-electron chi connectivity index (χ2n) is 8.96. The van der Waals surface area contributed by atoms with Crippen molar-refractivity contribution in [1.82, 2.24) is 4.98 Å². The minimum atomic E-state index is 0.296. The topological polar surface area (TPSA) is 33.1 Å². The summed E-state index contributed by atoms with van der Waals surface area (Å²) in [7, 11) is 0. The number of para-hydroxylation sites is 1. The number of benzene rings is 1. The lowest BCUT2D eigenvalue weighted by atomic mass is 9.58. The molecule has 0 saturated heterocycles. The number of nitrogens with zero attached hydrogens (tertiary/aromatic N) is 1. The first-order valence-corrected chi connectivity index (χ1v) is 8.95. The van der Waals surface area contributed by atoms with Gasteiger partial charge in [-0.25, -0.2) is 4.98 Å². The molecule has 0 radical (unpaired) electrons. The van der Waals surface area contributed by atoms with Gasteiger partial charge in [0.15, 0.2) is 0 Å². The van der Waals surface area contributed by atoms with Gasteiger partial charge in [0, 0.05) is 17.0 Å². The van der Waals surface area contributed by atoms with Crippen molar-refractivity contribution < 1.29 is 5.11 Å². The van der Waals surface area contributed by atoms with Gasteiger partial charge in [-0.05, 0) is 61.0 Å². The van der Waals surface area contributed by atoms with Gasteiger partial charge in [-0.1, -0.05) is 39.0 Å². The highest BCUT2D eigenvalue weighted by molar-refractivity contribution is 5.84. The molecular formula is C21H27NO. The quantitative estimate of drug-likeness (QED) is 0.777. The summed E-state index contributed by atoms with van der Waals surface area (Å²) in [5.74, 6) is 1.72. The number of aromatic nitrogens is 1. The highest BCUT2D eigenvalue weighted by Crippen LogP contribution is 2.60. The van der Waals surface area contributed by atoms with Crippen LogP contribution in [0, 0.1) is 16.7 Å². The van der Waals surface area contributed by atoms with Crippen molar-refractivity contribution in [2.45, 2.75) is 58.8 Å². The predicted molar refractivity (Wildman–Crippen MR) is 94.6 cm³/mol. The SMILES string of the molecule is CC1(C)CC(c2ccc3cccc(O)c3n2)CC(C)(C2CC2)C1. The number of aromatic hydroxyl groups is 1. The number of phenolic OH excluding ortho intramolecular Hbond substituents is 1. The molecule has 1 heterocycles. The van der Waals surface area contributed by atoms with Crippen molar-refractivity contribution in [3.8, 4) is 5.75 Å². The van der Waals surface area contributed by atoms with Gasteiger partial charge in [0.25, 0.3) is 0 Å². The van der Waals surface area contributed by atoms with Crippen molar-refractivity contribution in [2.24, 2.45) is 16.7 Å². The number of fused-ring (bicyclic) bond motifs is 1. The van der Waals surface area contributed by atoms with Crippen LogP contribution >= 0.6 is 0 Å². The Hall–Kier alpha value is -1.57. The van der Waals surface area contributed by atoms with E-state index in [9.17, 15) is 5.11 Å². The summed E-state index contributed by atoms with van der Waals surface area (Å²) >= 11 is 0. The van der Waals surface area contributed by atoms with E-state index in [4.69, 9.17) is 4.98 Å². The Morgan fingerprint density at radius 3 is 2.57 bits per heavy atom. The minimum Gasteiger partial charge on any atom is -0.506 e. The van der Waals surface area contributed by atoms with Crippen LogP contribution in [-0.2, 0) is 0 Å². The van der Waals surface area contributed by atoms with E-state index in [-0.39, 0.29) is 0 Å². The molecule has 4 rings (SSSR count). The molecule has 1 aromatic carbocycles. The highest BCUT2D eigenvalue weighted by Gasteiger charge is 2.49. The highest BCUT2D eigenvalue weighted by atomic mass is 16.3. The average molecular weight is 309 g/mol. The van der Waals surface area contributed by atoms with Crippen LogP contribution in [0.1, 0.15) is 64.5 Å². The zero-order valence-electron chi connectivity index (χ0n) is 14.5. The third-order valence-electron chi connectivity index (χ3n) is 6.10. The van der Waals surface area contributed by atoms with Crippen LogP contribution in [0.15, 0.2) is 30.3 Å². The summed E-state index contributed by atoms with van der Waals surface area (Å²) in [6.07, 6.45) is 6.59. The molecule has 2 saturated carbocycles. The van der Waals surface area contributed by atoms with Crippen LogP contribution < -0.4 is 0 Å². The monoisotopic (exact) mass is 309 g/mol. The van der Waals surface area contributed by atoms with Gasteiger partial charge in [-0.15, -0.1) is 0 Å². The van der Waals surface area contributed by atoms with Gasteiger partial charge in [-0.2, -0.15) is 0 Å². The summed E-state index contributed by atoms with van der Waals surface area (Å²) in [5.41, 5.74) is 2.75. The van der Waals surface area contributed by atoms with Crippen molar-refractivity contribution in [3.63, 3.8) is 0 Å². The predicted octanol–water partition coefficient (Wildman–Crippen LogP) is 5.65. The normalized spacial score (nSPS) is 30.5. The van der Waals surface area contributed by atoms with Crippen LogP contribution in [0.2, 0.25) is 0 Å². The summed E-state index contributed by atoms with van der Waals surface area (Å²) in [5, 5.41) is 11.2. The third kappa shape index (κ3) is 2.73. The largest absolute Gasteiger partial charge is 0.506 e. The fraction of sp³-hybridized carbons (Fsp3) is 0.571. The number of pyridine rings is 1. The number of hydrogen-bond acceptors (Lipinski definition) is 2. The summed E-state index contributed by atoms with van der Waals surface area (Å²) in [4.78, 5) is 4.86. The molecule has 2 aromatic rings. The standard InChI is InChI=1S/C21H27NO/c1-20(2)11-15(12-21(3,13-20)16-8-9-16)17-10-7-14-5-4-6-18(23)19(14)22-17/h4-7,10,15-16,23H,8-9,11-13H2,1-3H3. The Bertz CT molecular complexity index is 747. The van der Waals surface area contributed by atoms with E-state index < -0.39 is 0 Å². The summed E-state index contributed by atoms with van der Waals surface area (Å²) < 4.78 is 0. The van der Waals surface area contributed by atoms with Crippen LogP contribution in [0.3, 0.4) is 0 Å². The maximum Gasteiger partial charge on any atom is 0.141 e. The summed E-state index contributed by atoms with van der Waals surface area (Å²) in [6.45, 7) is 7.33. The van der Waals surface area contributed by atoms with Gasteiger partial charge in [-0.3, -0.25) is 0 Å². The molecule has 1 N–H and O–H groups in total. The van der Waals surface area contributed by atoms with Crippen LogP contribution in [-0.4, -0.2) is 10.1 Å². The van der Waals surface area contributed by atoms with Gasteiger partial charge in [0.2, 0.25) is 0 Å². The molecule has 2 aliphatic carbocycles. The second-order valence-corrected chi connectivity index (χ2v) is 8.96. The van der Waals surface area contributed by atoms with Crippen molar-refractivity contribution >= 4 is 10.9 Å². The molecule has 0 bridgehead atoms. The number of phenols is 1. The van der Waals surface area contributed by atoms with Gasteiger partial charge >= 0.3 is 0 Å². The Morgan fingerprint density at radius 2 is 1.83 bits per heavy atom. The molecule has 1 aromatic heterocycles. The lowest BCUT2D eigenvalue weighted by Gasteiger charge is -2.47. The van der Waals surface area contributed by atoms with Crippen molar-refractivity contribution in [2.75, 3.05) is 0 Å². The smallest absolute Gasteiger partial charge is 0.141 e. The molecule has 2 nitrogen and oxygen atoms in total. The maximum absolute atomic E-state index is 10.1. The zero-order valence-corrected chi connectivity index (χ0v) is 14.5. The molecule has 2 atom stereocenters. The second kappa shape index (κ2) is 4.96. The van der Waals surface area contributed by atoms with Crippen LogP contribution in [0.5, 0.6) is 5.75 Å². The molecule has 122 valence electrons. The van der Waals surface area contributed by atoms with E-state index in [1.165, 1.54) is 37.8 Å². The number of hydrogen-bond donors (Lipinski definition) is 1. The lowest BCUT2D eigenvalue weighted by Crippen LogP contribution is -2.36. The lowest BCUT2D eigenvalue weighted by molar-refractivity contribution is 0.0617. The molecule has 2 heteroatoms. The number of rotatable bonds is 2. The van der Waals surface area contributed by atoms with Gasteiger partial charge < -0.3 is 5.11 Å². The average Bonchev–Trinajstić information content (AvgIpc) is 3.30. The Morgan fingerprint density at radius 1 is 1.04 bits per heavy atom. The first-order valence-electron chi connectivity index (χ1n) is 8.95. The van der Waals surface area contributed by atoms with Crippen LogP contribution in [0.4, 0.5) is 0 Å². The van der Waals surface area contributed by atoms with E-state index in [1.807, 2.05) is 12.1 Å². The van der Waals surface area contributed by atoms with E-state index >= 15 is 0 Å². The first kappa shape index (κ1) is 15.0. The molecule has 0 amide bonds. The molecule has 23 heavy (non-hydrogen) atoms. The van der Waals surface area contributed by atoms with Crippen LogP contribution in [0.25, 0.3) is 10.9 Å². The third-order valence-corrected chi connectivity index (χ3v) is 6.10. The van der Waals surface area contributed by atoms with E-state index in [0.29, 0.717) is 22.5 Å². The van der Waals surface area contributed by atoms with E-state index in [2.05, 4.69) is 32.9 Å². The zero-order chi connectivity index (χ0) is 16.2. The fourth-order valence-electron chi connectivity index (χ4n) is 5.21. The van der Waals surface area contributed by atoms with Crippen molar-refractivity contribution in [3.05, 3.63) is 36.0 Å². The van der Waals surface area contributed by atoms with Crippen molar-refractivity contribution in [1.29, 1.82) is 0 Å². The molecule has 0 spiro atoms. The minimum absolute atomic E-state index is 0.296. The molecule has 2 unspecified atom stereocenters. The fourth-order valence-corrected chi connectivity index (χ4v) is 5.21.